The molecule has 1 N–H and O–H groups in total. The maximum Gasteiger partial charge on any atom is 0.254 e. The molecule has 6 nitrogen and oxygen atoms in total. The van der Waals surface area contributed by atoms with Crippen molar-refractivity contribution in [1.82, 2.24) is 9.80 Å². The molecular formula is C33H31BrN2O4. The monoisotopic (exact) mass is 598 g/mol. The first-order chi connectivity index (χ1) is 19.4. The van der Waals surface area contributed by atoms with E-state index in [1.54, 1.807) is 19.2 Å². The number of aromatic hydroxyl groups is 1. The third-order valence-corrected chi connectivity index (χ3v) is 7.97. The Balaban J connectivity index is 1.52. The van der Waals surface area contributed by atoms with Gasteiger partial charge in [0.25, 0.3) is 11.8 Å². The number of benzene rings is 4. The zero-order valence-electron chi connectivity index (χ0n) is 22.2. The van der Waals surface area contributed by atoms with E-state index in [2.05, 4.69) is 15.9 Å². The summed E-state index contributed by atoms with van der Waals surface area (Å²) in [5.41, 5.74) is 3.26. The van der Waals surface area contributed by atoms with Crippen molar-refractivity contribution in [3.05, 3.63) is 130 Å². The van der Waals surface area contributed by atoms with E-state index < -0.39 is 0 Å². The summed E-state index contributed by atoms with van der Waals surface area (Å²) < 4.78 is 6.24. The lowest BCUT2D eigenvalue weighted by Gasteiger charge is -2.47. The van der Waals surface area contributed by atoms with Crippen LogP contribution in [0.3, 0.4) is 0 Å². The first-order valence-corrected chi connectivity index (χ1v) is 14.0. The van der Waals surface area contributed by atoms with Crippen molar-refractivity contribution < 1.29 is 19.4 Å². The second kappa shape index (κ2) is 12.4. The normalized spacial score (nSPS) is 16.9. The van der Waals surface area contributed by atoms with E-state index in [4.69, 9.17) is 4.74 Å². The molecule has 4 aromatic carbocycles. The van der Waals surface area contributed by atoms with Crippen molar-refractivity contribution in [2.75, 3.05) is 20.2 Å². The molecule has 7 heteroatoms. The average Bonchev–Trinajstić information content (AvgIpc) is 2.99. The number of amides is 2. The van der Waals surface area contributed by atoms with Gasteiger partial charge in [0.1, 0.15) is 11.5 Å². The smallest absolute Gasteiger partial charge is 0.254 e. The number of phenols is 1. The third-order valence-electron chi connectivity index (χ3n) is 7.35. The fourth-order valence-electron chi connectivity index (χ4n) is 5.30. The number of carbonyl (C=O) groups excluding carboxylic acids is 2. The van der Waals surface area contributed by atoms with Crippen LogP contribution < -0.4 is 4.74 Å². The molecule has 1 aliphatic heterocycles. The Morgan fingerprint density at radius 1 is 0.750 bits per heavy atom. The number of halogens is 1. The molecule has 0 spiro atoms. The lowest BCUT2D eigenvalue weighted by Crippen LogP contribution is -2.62. The van der Waals surface area contributed by atoms with Crippen LogP contribution in [0.4, 0.5) is 0 Å². The molecule has 0 radical (unpaired) electrons. The Morgan fingerprint density at radius 3 is 1.70 bits per heavy atom. The number of hydrogen-bond acceptors (Lipinski definition) is 4. The van der Waals surface area contributed by atoms with Crippen LogP contribution in [-0.4, -0.2) is 59.0 Å². The Labute approximate surface area is 242 Å². The van der Waals surface area contributed by atoms with E-state index >= 15 is 0 Å². The highest BCUT2D eigenvalue weighted by atomic mass is 79.9. The van der Waals surface area contributed by atoms with Crippen LogP contribution in [0.25, 0.3) is 0 Å². The molecule has 0 unspecified atom stereocenters. The van der Waals surface area contributed by atoms with E-state index in [0.717, 1.165) is 21.3 Å². The van der Waals surface area contributed by atoms with Gasteiger partial charge >= 0.3 is 0 Å². The molecule has 2 amide bonds. The van der Waals surface area contributed by atoms with Gasteiger partial charge in [0, 0.05) is 24.2 Å². The Kier molecular flexibility index (Phi) is 8.51. The summed E-state index contributed by atoms with van der Waals surface area (Å²) in [5.74, 6) is 0.813. The number of phenolic OH excluding ortho intramolecular Hbond substituents is 1. The quantitative estimate of drug-likeness (QED) is 0.284. The van der Waals surface area contributed by atoms with Gasteiger partial charge in [0.2, 0.25) is 0 Å². The predicted molar refractivity (Wildman–Crippen MR) is 159 cm³/mol. The summed E-state index contributed by atoms with van der Waals surface area (Å²) in [4.78, 5) is 31.7. The zero-order valence-corrected chi connectivity index (χ0v) is 23.8. The van der Waals surface area contributed by atoms with Crippen molar-refractivity contribution >= 4 is 27.7 Å². The SMILES string of the molecule is COc1ccc(C[C@@H]2CN(C(=O)c3ccccc3)[C@H](Cc3ccc(O)cc3)CN2C(=O)c2ccccc2)cc1Br. The maximum atomic E-state index is 13.9. The number of ether oxygens (including phenoxy) is 1. The summed E-state index contributed by atoms with van der Waals surface area (Å²) in [6, 6.07) is 31.0. The minimum absolute atomic E-state index is 0.0549. The van der Waals surface area contributed by atoms with Gasteiger partial charge in [-0.05, 0) is 88.4 Å². The minimum Gasteiger partial charge on any atom is -0.508 e. The number of carbonyl (C=O) groups is 2. The standard InChI is InChI=1S/C33H31BrN2O4/c1-40-31-17-14-24(20-30(31)34)19-28-22-35(32(38)25-8-4-2-5-9-25)27(18-23-12-15-29(37)16-13-23)21-36(28)33(39)26-10-6-3-7-11-26/h2-17,20,27-28,37H,18-19,21-22H2,1H3/t27-,28-/m1/s1. The fraction of sp³-hybridized carbons (Fsp3) is 0.212. The second-order valence-electron chi connectivity index (χ2n) is 10.00. The van der Waals surface area contributed by atoms with Gasteiger partial charge in [-0.15, -0.1) is 0 Å². The van der Waals surface area contributed by atoms with Crippen LogP contribution in [0.15, 0.2) is 108 Å². The third kappa shape index (κ3) is 6.20. The van der Waals surface area contributed by atoms with Gasteiger partial charge in [0.15, 0.2) is 0 Å². The molecule has 1 aliphatic rings. The lowest BCUT2D eigenvalue weighted by molar-refractivity contribution is 0.0205. The van der Waals surface area contributed by atoms with Gasteiger partial charge in [-0.25, -0.2) is 0 Å². The molecular weight excluding hydrogens is 568 g/mol. The molecule has 0 aromatic heterocycles. The molecule has 2 atom stereocenters. The van der Waals surface area contributed by atoms with Crippen LogP contribution >= 0.6 is 15.9 Å². The van der Waals surface area contributed by atoms with E-state index in [1.165, 1.54) is 0 Å². The molecule has 1 saturated heterocycles. The maximum absolute atomic E-state index is 13.9. The number of nitrogens with zero attached hydrogens (tertiary/aromatic N) is 2. The van der Waals surface area contributed by atoms with Crippen LogP contribution in [-0.2, 0) is 12.8 Å². The number of rotatable bonds is 7. The van der Waals surface area contributed by atoms with Gasteiger partial charge in [-0.3, -0.25) is 9.59 Å². The number of hydrogen-bond donors (Lipinski definition) is 1. The van der Waals surface area contributed by atoms with Crippen molar-refractivity contribution in [3.8, 4) is 11.5 Å². The van der Waals surface area contributed by atoms with Crippen LogP contribution in [0.1, 0.15) is 31.8 Å². The molecule has 40 heavy (non-hydrogen) atoms. The van der Waals surface area contributed by atoms with Gasteiger partial charge in [0.05, 0.1) is 23.7 Å². The highest BCUT2D eigenvalue weighted by Gasteiger charge is 2.39. The summed E-state index contributed by atoms with van der Waals surface area (Å²) in [7, 11) is 1.63. The van der Waals surface area contributed by atoms with E-state index in [-0.39, 0.29) is 29.6 Å². The van der Waals surface area contributed by atoms with Crippen LogP contribution in [0.2, 0.25) is 0 Å². The Hall–Kier alpha value is -4.10. The van der Waals surface area contributed by atoms with Gasteiger partial charge < -0.3 is 19.6 Å². The second-order valence-corrected chi connectivity index (χ2v) is 10.9. The molecule has 5 rings (SSSR count). The molecule has 0 bridgehead atoms. The van der Waals surface area contributed by atoms with Crippen molar-refractivity contribution in [2.24, 2.45) is 0 Å². The fourth-order valence-corrected chi connectivity index (χ4v) is 5.89. The topological polar surface area (TPSA) is 70.1 Å². The van der Waals surface area contributed by atoms with Gasteiger partial charge in [-0.2, -0.15) is 0 Å². The summed E-state index contributed by atoms with van der Waals surface area (Å²) in [6.45, 7) is 0.772. The predicted octanol–water partition coefficient (Wildman–Crippen LogP) is 5.98. The van der Waals surface area contributed by atoms with E-state index in [0.29, 0.717) is 37.1 Å². The van der Waals surface area contributed by atoms with E-state index in [1.807, 2.05) is 101 Å². The van der Waals surface area contributed by atoms with Crippen molar-refractivity contribution in [3.63, 3.8) is 0 Å². The zero-order chi connectivity index (χ0) is 28.1. The number of piperazine rings is 1. The average molecular weight is 600 g/mol. The van der Waals surface area contributed by atoms with Crippen molar-refractivity contribution in [2.45, 2.75) is 24.9 Å². The van der Waals surface area contributed by atoms with Crippen LogP contribution in [0.5, 0.6) is 11.5 Å². The van der Waals surface area contributed by atoms with E-state index in [9.17, 15) is 14.7 Å². The molecule has 1 fully saturated rings. The van der Waals surface area contributed by atoms with Gasteiger partial charge in [-0.1, -0.05) is 54.6 Å². The largest absolute Gasteiger partial charge is 0.508 e. The number of methoxy groups -OCH3 is 1. The molecule has 4 aromatic rings. The molecule has 1 heterocycles. The van der Waals surface area contributed by atoms with Crippen molar-refractivity contribution in [1.29, 1.82) is 0 Å². The first kappa shape index (κ1) is 27.5. The highest BCUT2D eigenvalue weighted by Crippen LogP contribution is 2.29. The first-order valence-electron chi connectivity index (χ1n) is 13.3. The Morgan fingerprint density at radius 2 is 1.23 bits per heavy atom. The summed E-state index contributed by atoms with van der Waals surface area (Å²) >= 11 is 3.58. The molecule has 204 valence electrons. The Bertz CT molecular complexity index is 1460. The molecule has 0 saturated carbocycles. The highest BCUT2D eigenvalue weighted by molar-refractivity contribution is 9.10. The summed E-state index contributed by atoms with van der Waals surface area (Å²) in [6.07, 6.45) is 1.13. The lowest BCUT2D eigenvalue weighted by atomic mass is 9.94. The summed E-state index contributed by atoms with van der Waals surface area (Å²) in [5, 5.41) is 9.79. The van der Waals surface area contributed by atoms with Crippen LogP contribution in [0, 0.1) is 0 Å². The minimum atomic E-state index is -0.247. The molecule has 0 aliphatic carbocycles.